The third kappa shape index (κ3) is 2.70. The summed E-state index contributed by atoms with van der Waals surface area (Å²) in [6.45, 7) is 0. The van der Waals surface area contributed by atoms with E-state index in [0.29, 0.717) is 11.3 Å². The van der Waals surface area contributed by atoms with Crippen LogP contribution in [0.4, 0.5) is 0 Å². The number of rotatable bonds is 4. The molecular weight excluding hydrogens is 244 g/mol. The number of halogens is 1. The van der Waals surface area contributed by atoms with Crippen LogP contribution in [0, 0.1) is 0 Å². The van der Waals surface area contributed by atoms with Crippen LogP contribution in [0.1, 0.15) is 15.9 Å². The van der Waals surface area contributed by atoms with E-state index < -0.39 is 0 Å². The number of alkyl halides is 1. The summed E-state index contributed by atoms with van der Waals surface area (Å²) >= 11 is 3.30. The Hall–Kier alpha value is -1.09. The molecule has 14 heavy (non-hydrogen) atoms. The maximum absolute atomic E-state index is 10.6. The molecule has 1 rings (SSSR count). The maximum atomic E-state index is 10.6. The standard InChI is InChI=1S/C11H11BrO2/c1-14-11-7-9(3-2-6-12)4-5-10(11)8-13/h2-5,7-8H,6H2,1H3. The fourth-order valence-electron chi connectivity index (χ4n) is 1.11. The quantitative estimate of drug-likeness (QED) is 0.610. The van der Waals surface area contributed by atoms with Gasteiger partial charge in [-0.15, -0.1) is 0 Å². The van der Waals surface area contributed by atoms with E-state index in [1.807, 2.05) is 24.3 Å². The summed E-state index contributed by atoms with van der Waals surface area (Å²) < 4.78 is 5.08. The lowest BCUT2D eigenvalue weighted by molar-refractivity contribution is 0.112. The summed E-state index contributed by atoms with van der Waals surface area (Å²) in [5, 5.41) is 0.810. The van der Waals surface area contributed by atoms with E-state index in [1.165, 1.54) is 0 Å². The molecule has 0 aliphatic carbocycles. The molecule has 74 valence electrons. The SMILES string of the molecule is COc1cc(C=CCBr)ccc1C=O. The van der Waals surface area contributed by atoms with Gasteiger partial charge in [0.05, 0.1) is 12.7 Å². The molecule has 0 fully saturated rings. The van der Waals surface area contributed by atoms with Crippen molar-refractivity contribution in [2.45, 2.75) is 0 Å². The van der Waals surface area contributed by atoms with E-state index in [1.54, 1.807) is 13.2 Å². The molecule has 0 aliphatic heterocycles. The van der Waals surface area contributed by atoms with Crippen molar-refractivity contribution in [1.29, 1.82) is 0 Å². The predicted molar refractivity (Wildman–Crippen MR) is 61.2 cm³/mol. The van der Waals surface area contributed by atoms with Crippen LogP contribution in [-0.4, -0.2) is 18.7 Å². The van der Waals surface area contributed by atoms with Crippen molar-refractivity contribution >= 4 is 28.3 Å². The second-order valence-corrected chi connectivity index (χ2v) is 3.32. The summed E-state index contributed by atoms with van der Waals surface area (Å²) in [5.74, 6) is 0.608. The first-order valence-corrected chi connectivity index (χ1v) is 5.29. The fraction of sp³-hybridized carbons (Fsp3) is 0.182. The molecule has 2 nitrogen and oxygen atoms in total. The van der Waals surface area contributed by atoms with Gasteiger partial charge in [-0.1, -0.05) is 34.1 Å². The van der Waals surface area contributed by atoms with Crippen LogP contribution in [0.5, 0.6) is 5.75 Å². The third-order valence-corrected chi connectivity index (χ3v) is 2.16. The predicted octanol–water partition coefficient (Wildman–Crippen LogP) is 2.92. The number of carbonyl (C=O) groups excluding carboxylic acids is 1. The van der Waals surface area contributed by atoms with Gasteiger partial charge in [0, 0.05) is 5.33 Å². The number of allylic oxidation sites excluding steroid dienone is 1. The first-order chi connectivity index (χ1) is 6.81. The lowest BCUT2D eigenvalue weighted by atomic mass is 10.1. The molecule has 0 amide bonds. The molecule has 0 N–H and O–H groups in total. The molecular formula is C11H11BrO2. The Balaban J connectivity index is 3.01. The van der Waals surface area contributed by atoms with E-state index in [4.69, 9.17) is 4.74 Å². The minimum Gasteiger partial charge on any atom is -0.496 e. The molecule has 0 aromatic heterocycles. The number of aldehydes is 1. The summed E-state index contributed by atoms with van der Waals surface area (Å²) in [5.41, 5.74) is 1.59. The smallest absolute Gasteiger partial charge is 0.153 e. The van der Waals surface area contributed by atoms with Gasteiger partial charge in [-0.05, 0) is 17.7 Å². The number of carbonyl (C=O) groups is 1. The Morgan fingerprint density at radius 2 is 2.29 bits per heavy atom. The molecule has 0 heterocycles. The van der Waals surface area contributed by atoms with Gasteiger partial charge in [0.25, 0.3) is 0 Å². The van der Waals surface area contributed by atoms with Crippen LogP contribution in [0.25, 0.3) is 6.08 Å². The van der Waals surface area contributed by atoms with Gasteiger partial charge in [0.1, 0.15) is 5.75 Å². The van der Waals surface area contributed by atoms with E-state index in [9.17, 15) is 4.79 Å². The van der Waals surface area contributed by atoms with Gasteiger partial charge >= 0.3 is 0 Å². The summed E-state index contributed by atoms with van der Waals surface area (Å²) in [7, 11) is 1.56. The topological polar surface area (TPSA) is 26.3 Å². The highest BCUT2D eigenvalue weighted by Crippen LogP contribution is 2.19. The van der Waals surface area contributed by atoms with Crippen molar-refractivity contribution in [3.63, 3.8) is 0 Å². The monoisotopic (exact) mass is 254 g/mol. The van der Waals surface area contributed by atoms with Crippen LogP contribution < -0.4 is 4.74 Å². The minimum absolute atomic E-state index is 0.573. The van der Waals surface area contributed by atoms with Crippen molar-refractivity contribution in [2.75, 3.05) is 12.4 Å². The van der Waals surface area contributed by atoms with Gasteiger partial charge in [-0.2, -0.15) is 0 Å². The average molecular weight is 255 g/mol. The third-order valence-electron chi connectivity index (χ3n) is 1.78. The number of hydrogen-bond donors (Lipinski definition) is 0. The maximum Gasteiger partial charge on any atom is 0.153 e. The van der Waals surface area contributed by atoms with Gasteiger partial charge in [-0.3, -0.25) is 4.79 Å². The number of methoxy groups -OCH3 is 1. The average Bonchev–Trinajstić information content (AvgIpc) is 2.25. The molecule has 1 aromatic carbocycles. The summed E-state index contributed by atoms with van der Waals surface area (Å²) in [6, 6.07) is 5.47. The second kappa shape index (κ2) is 5.60. The Bertz CT molecular complexity index is 345. The lowest BCUT2D eigenvalue weighted by Crippen LogP contribution is -1.90. The largest absolute Gasteiger partial charge is 0.496 e. The first-order valence-electron chi connectivity index (χ1n) is 4.17. The Morgan fingerprint density at radius 3 is 2.86 bits per heavy atom. The highest BCUT2D eigenvalue weighted by molar-refractivity contribution is 9.09. The molecule has 0 unspecified atom stereocenters. The Kier molecular flexibility index (Phi) is 4.40. The van der Waals surface area contributed by atoms with Crippen molar-refractivity contribution in [3.8, 4) is 5.75 Å². The number of hydrogen-bond acceptors (Lipinski definition) is 2. The van der Waals surface area contributed by atoms with E-state index in [-0.39, 0.29) is 0 Å². The van der Waals surface area contributed by atoms with Crippen LogP contribution in [0.2, 0.25) is 0 Å². The van der Waals surface area contributed by atoms with Crippen LogP contribution in [0.15, 0.2) is 24.3 Å². The lowest BCUT2D eigenvalue weighted by Gasteiger charge is -2.03. The normalized spacial score (nSPS) is 10.4. The highest BCUT2D eigenvalue weighted by Gasteiger charge is 2.00. The molecule has 0 radical (unpaired) electrons. The molecule has 0 atom stereocenters. The Morgan fingerprint density at radius 1 is 1.50 bits per heavy atom. The van der Waals surface area contributed by atoms with E-state index in [2.05, 4.69) is 15.9 Å². The van der Waals surface area contributed by atoms with Crippen LogP contribution in [-0.2, 0) is 0 Å². The first kappa shape index (κ1) is 11.0. The summed E-state index contributed by atoms with van der Waals surface area (Å²) in [6.07, 6.45) is 4.73. The molecule has 1 aromatic rings. The van der Waals surface area contributed by atoms with E-state index >= 15 is 0 Å². The summed E-state index contributed by atoms with van der Waals surface area (Å²) in [4.78, 5) is 10.6. The van der Waals surface area contributed by atoms with Crippen molar-refractivity contribution < 1.29 is 9.53 Å². The molecule has 3 heteroatoms. The molecule has 0 saturated carbocycles. The van der Waals surface area contributed by atoms with E-state index in [0.717, 1.165) is 17.2 Å². The number of benzene rings is 1. The zero-order chi connectivity index (χ0) is 10.4. The number of ether oxygens (including phenoxy) is 1. The van der Waals surface area contributed by atoms with Crippen molar-refractivity contribution in [3.05, 3.63) is 35.4 Å². The van der Waals surface area contributed by atoms with Crippen molar-refractivity contribution in [2.24, 2.45) is 0 Å². The molecule has 0 saturated heterocycles. The molecule has 0 bridgehead atoms. The van der Waals surface area contributed by atoms with Gasteiger partial charge in [0.15, 0.2) is 6.29 Å². The van der Waals surface area contributed by atoms with Gasteiger partial charge < -0.3 is 4.74 Å². The van der Waals surface area contributed by atoms with Crippen molar-refractivity contribution in [1.82, 2.24) is 0 Å². The van der Waals surface area contributed by atoms with Gasteiger partial charge in [0.2, 0.25) is 0 Å². The highest BCUT2D eigenvalue weighted by atomic mass is 79.9. The molecule has 0 aliphatic rings. The minimum atomic E-state index is 0.573. The molecule has 0 spiro atoms. The Labute approximate surface area is 91.7 Å². The zero-order valence-electron chi connectivity index (χ0n) is 7.87. The fourth-order valence-corrected chi connectivity index (χ4v) is 1.30. The second-order valence-electron chi connectivity index (χ2n) is 2.68. The zero-order valence-corrected chi connectivity index (χ0v) is 9.45. The van der Waals surface area contributed by atoms with Crippen LogP contribution in [0.3, 0.4) is 0 Å². The van der Waals surface area contributed by atoms with Gasteiger partial charge in [-0.25, -0.2) is 0 Å². The van der Waals surface area contributed by atoms with Crippen LogP contribution >= 0.6 is 15.9 Å².